The second kappa shape index (κ2) is 7.09. The Labute approximate surface area is 131 Å². The van der Waals surface area contributed by atoms with Gasteiger partial charge < -0.3 is 10.2 Å². The van der Waals surface area contributed by atoms with Crippen molar-refractivity contribution >= 4 is 17.8 Å². The number of rotatable bonds is 4. The van der Waals surface area contributed by atoms with Gasteiger partial charge in [0.2, 0.25) is 11.8 Å². The molecule has 124 valence electrons. The number of amides is 4. The van der Waals surface area contributed by atoms with Crippen LogP contribution in [-0.4, -0.2) is 66.9 Å². The number of nitrogens with one attached hydrogen (secondary N) is 2. The summed E-state index contributed by atoms with van der Waals surface area (Å²) >= 11 is 0. The molecule has 1 aliphatic carbocycles. The number of carbonyl (C=O) groups excluding carboxylic acids is 3. The summed E-state index contributed by atoms with van der Waals surface area (Å²) in [6.45, 7) is 3.19. The molecule has 0 radical (unpaired) electrons. The van der Waals surface area contributed by atoms with Gasteiger partial charge in [-0.2, -0.15) is 0 Å². The molecule has 1 saturated heterocycles. The van der Waals surface area contributed by atoms with Crippen molar-refractivity contribution in [3.63, 3.8) is 0 Å². The van der Waals surface area contributed by atoms with Crippen LogP contribution in [-0.2, 0) is 9.59 Å². The molecule has 7 heteroatoms. The number of piperidine rings is 1. The van der Waals surface area contributed by atoms with Crippen molar-refractivity contribution in [2.75, 3.05) is 27.2 Å². The Morgan fingerprint density at radius 3 is 2.18 bits per heavy atom. The van der Waals surface area contributed by atoms with Crippen LogP contribution in [0.4, 0.5) is 4.79 Å². The standard InChI is InChI=1S/C15H26N4O3/c1-10(13(20)17-15(22)16-12-4-5-12)19-8-6-11(7-9-19)14(21)18(2)3/h10-12H,4-9H2,1-3H3,(H2,16,17,20,22). The van der Waals surface area contributed by atoms with Crippen LogP contribution in [0.5, 0.6) is 0 Å². The molecular formula is C15H26N4O3. The molecular weight excluding hydrogens is 284 g/mol. The average Bonchev–Trinajstić information content (AvgIpc) is 3.29. The van der Waals surface area contributed by atoms with E-state index in [1.807, 2.05) is 4.90 Å². The topological polar surface area (TPSA) is 81.8 Å². The van der Waals surface area contributed by atoms with E-state index in [-0.39, 0.29) is 29.8 Å². The van der Waals surface area contributed by atoms with E-state index in [0.717, 1.165) is 25.7 Å². The molecule has 1 saturated carbocycles. The second-order valence-corrected chi connectivity index (χ2v) is 6.46. The lowest BCUT2D eigenvalue weighted by Crippen LogP contribution is -2.52. The summed E-state index contributed by atoms with van der Waals surface area (Å²) in [4.78, 5) is 39.3. The number of carbonyl (C=O) groups is 3. The Kier molecular flexibility index (Phi) is 5.39. The maximum atomic E-state index is 12.1. The number of hydrogen-bond donors (Lipinski definition) is 2. The highest BCUT2D eigenvalue weighted by Crippen LogP contribution is 2.21. The zero-order chi connectivity index (χ0) is 16.3. The van der Waals surface area contributed by atoms with Crippen molar-refractivity contribution in [3.05, 3.63) is 0 Å². The van der Waals surface area contributed by atoms with Crippen LogP contribution >= 0.6 is 0 Å². The van der Waals surface area contributed by atoms with Gasteiger partial charge in [0.05, 0.1) is 6.04 Å². The van der Waals surface area contributed by atoms with Crippen molar-refractivity contribution < 1.29 is 14.4 Å². The second-order valence-electron chi connectivity index (χ2n) is 6.46. The van der Waals surface area contributed by atoms with E-state index in [0.29, 0.717) is 13.1 Å². The number of hydrogen-bond acceptors (Lipinski definition) is 4. The summed E-state index contributed by atoms with van der Waals surface area (Å²) < 4.78 is 0. The molecule has 2 aliphatic rings. The highest BCUT2D eigenvalue weighted by Gasteiger charge is 2.31. The van der Waals surface area contributed by atoms with Gasteiger partial charge in [-0.05, 0) is 45.7 Å². The number of nitrogens with zero attached hydrogens (tertiary/aromatic N) is 2. The SMILES string of the molecule is CC(C(=O)NC(=O)NC1CC1)N1CCC(C(=O)N(C)C)CC1. The predicted octanol–water partition coefficient (Wildman–Crippen LogP) is 0.163. The summed E-state index contributed by atoms with van der Waals surface area (Å²) in [5.74, 6) is -0.0872. The van der Waals surface area contributed by atoms with Gasteiger partial charge in [-0.1, -0.05) is 0 Å². The highest BCUT2D eigenvalue weighted by atomic mass is 16.2. The van der Waals surface area contributed by atoms with Gasteiger partial charge in [-0.15, -0.1) is 0 Å². The zero-order valence-electron chi connectivity index (χ0n) is 13.6. The molecule has 0 aromatic carbocycles. The maximum Gasteiger partial charge on any atom is 0.321 e. The Balaban J connectivity index is 1.76. The predicted molar refractivity (Wildman–Crippen MR) is 82.1 cm³/mol. The van der Waals surface area contributed by atoms with Crippen LogP contribution in [0, 0.1) is 5.92 Å². The molecule has 7 nitrogen and oxygen atoms in total. The molecule has 4 amide bonds. The van der Waals surface area contributed by atoms with Gasteiger partial charge in [-0.25, -0.2) is 4.79 Å². The summed E-state index contributed by atoms with van der Waals surface area (Å²) in [6.07, 6.45) is 3.49. The molecule has 1 heterocycles. The van der Waals surface area contributed by atoms with Gasteiger partial charge in [0.1, 0.15) is 0 Å². The van der Waals surface area contributed by atoms with Crippen molar-refractivity contribution in [2.45, 2.75) is 44.7 Å². The molecule has 0 spiro atoms. The molecule has 0 aromatic heterocycles. The van der Waals surface area contributed by atoms with Gasteiger partial charge >= 0.3 is 6.03 Å². The first-order chi connectivity index (χ1) is 10.4. The first-order valence-corrected chi connectivity index (χ1v) is 7.95. The fourth-order valence-corrected chi connectivity index (χ4v) is 2.73. The molecule has 2 N–H and O–H groups in total. The minimum Gasteiger partial charge on any atom is -0.349 e. The van der Waals surface area contributed by atoms with Crippen molar-refractivity contribution in [1.29, 1.82) is 0 Å². The van der Waals surface area contributed by atoms with E-state index in [1.54, 1.807) is 25.9 Å². The molecule has 2 fully saturated rings. The molecule has 0 bridgehead atoms. The first kappa shape index (κ1) is 16.7. The van der Waals surface area contributed by atoms with Crippen LogP contribution in [0.15, 0.2) is 0 Å². The lowest BCUT2D eigenvalue weighted by atomic mass is 9.94. The number of likely N-dealkylation sites (tertiary alicyclic amines) is 1. The van der Waals surface area contributed by atoms with E-state index in [2.05, 4.69) is 10.6 Å². The van der Waals surface area contributed by atoms with E-state index in [1.165, 1.54) is 0 Å². The quantitative estimate of drug-likeness (QED) is 0.775. The molecule has 1 unspecified atom stereocenters. The van der Waals surface area contributed by atoms with Crippen LogP contribution in [0.25, 0.3) is 0 Å². The summed E-state index contributed by atoms with van der Waals surface area (Å²) in [7, 11) is 3.53. The third-order valence-corrected chi connectivity index (χ3v) is 4.40. The number of imide groups is 1. The lowest BCUT2D eigenvalue weighted by Gasteiger charge is -2.35. The highest BCUT2D eigenvalue weighted by molar-refractivity contribution is 5.97. The minimum absolute atomic E-state index is 0.0414. The summed E-state index contributed by atoms with van der Waals surface area (Å²) in [5.41, 5.74) is 0. The Hall–Kier alpha value is -1.63. The first-order valence-electron chi connectivity index (χ1n) is 7.95. The van der Waals surface area contributed by atoms with Crippen molar-refractivity contribution in [1.82, 2.24) is 20.4 Å². The van der Waals surface area contributed by atoms with Gasteiger partial charge in [0, 0.05) is 26.1 Å². The Morgan fingerprint density at radius 2 is 1.68 bits per heavy atom. The number of urea groups is 1. The minimum atomic E-state index is -0.406. The van der Waals surface area contributed by atoms with Gasteiger partial charge in [0.15, 0.2) is 0 Å². The lowest BCUT2D eigenvalue weighted by molar-refractivity contribution is -0.135. The van der Waals surface area contributed by atoms with Gasteiger partial charge in [0.25, 0.3) is 0 Å². The van der Waals surface area contributed by atoms with Crippen LogP contribution in [0.1, 0.15) is 32.6 Å². The Bertz CT molecular complexity index is 440. The Morgan fingerprint density at radius 1 is 1.09 bits per heavy atom. The molecule has 0 aromatic rings. The van der Waals surface area contributed by atoms with E-state index >= 15 is 0 Å². The third kappa shape index (κ3) is 4.43. The van der Waals surface area contributed by atoms with Crippen LogP contribution < -0.4 is 10.6 Å². The van der Waals surface area contributed by atoms with E-state index in [9.17, 15) is 14.4 Å². The summed E-state index contributed by atoms with van der Waals surface area (Å²) in [5, 5.41) is 5.13. The van der Waals surface area contributed by atoms with Crippen LogP contribution in [0.2, 0.25) is 0 Å². The normalized spacial score (nSPS) is 21.0. The van der Waals surface area contributed by atoms with Crippen molar-refractivity contribution in [2.24, 2.45) is 5.92 Å². The van der Waals surface area contributed by atoms with E-state index in [4.69, 9.17) is 0 Å². The van der Waals surface area contributed by atoms with Crippen LogP contribution in [0.3, 0.4) is 0 Å². The molecule has 2 rings (SSSR count). The average molecular weight is 310 g/mol. The zero-order valence-corrected chi connectivity index (χ0v) is 13.6. The molecule has 1 aliphatic heterocycles. The maximum absolute atomic E-state index is 12.1. The largest absolute Gasteiger partial charge is 0.349 e. The molecule has 1 atom stereocenters. The fourth-order valence-electron chi connectivity index (χ4n) is 2.73. The summed E-state index contributed by atoms with van der Waals surface area (Å²) in [6, 6.07) is -0.534. The smallest absolute Gasteiger partial charge is 0.321 e. The fraction of sp³-hybridized carbons (Fsp3) is 0.800. The third-order valence-electron chi connectivity index (χ3n) is 4.40. The van der Waals surface area contributed by atoms with Gasteiger partial charge in [-0.3, -0.25) is 19.8 Å². The monoisotopic (exact) mass is 310 g/mol. The van der Waals surface area contributed by atoms with E-state index < -0.39 is 6.03 Å². The molecule has 22 heavy (non-hydrogen) atoms. The van der Waals surface area contributed by atoms with Crippen molar-refractivity contribution in [3.8, 4) is 0 Å².